The standard InChI is InChI=1S/C15H19ClN4O2/c1-10-17-15(19-18-10)14-9-20(5-6-22-14)8-11-7-12(16)3-4-13(11)21-2/h3-4,7,14H,5-6,8-9H2,1-2H3,(H,17,18,19). The van der Waals surface area contributed by atoms with Crippen molar-refractivity contribution in [2.75, 3.05) is 26.8 Å². The summed E-state index contributed by atoms with van der Waals surface area (Å²) >= 11 is 6.10. The number of methoxy groups -OCH3 is 1. The van der Waals surface area contributed by atoms with E-state index in [-0.39, 0.29) is 6.10 Å². The number of aromatic amines is 1. The molecule has 0 spiro atoms. The van der Waals surface area contributed by atoms with Gasteiger partial charge in [-0.05, 0) is 25.1 Å². The van der Waals surface area contributed by atoms with Crippen LogP contribution in [0.15, 0.2) is 18.2 Å². The molecule has 1 unspecified atom stereocenters. The van der Waals surface area contributed by atoms with Gasteiger partial charge in [-0.15, -0.1) is 0 Å². The van der Waals surface area contributed by atoms with Crippen LogP contribution in [0, 0.1) is 6.92 Å². The Morgan fingerprint density at radius 1 is 1.50 bits per heavy atom. The van der Waals surface area contributed by atoms with Gasteiger partial charge in [0.25, 0.3) is 0 Å². The fourth-order valence-corrected chi connectivity index (χ4v) is 2.81. The number of rotatable bonds is 4. The monoisotopic (exact) mass is 322 g/mol. The molecule has 3 rings (SSSR count). The van der Waals surface area contributed by atoms with Crippen LogP contribution < -0.4 is 4.74 Å². The molecule has 0 aliphatic carbocycles. The van der Waals surface area contributed by atoms with Gasteiger partial charge in [0.15, 0.2) is 5.82 Å². The summed E-state index contributed by atoms with van der Waals surface area (Å²) in [5.74, 6) is 2.36. The molecular weight excluding hydrogens is 304 g/mol. The summed E-state index contributed by atoms with van der Waals surface area (Å²) in [5.41, 5.74) is 1.07. The van der Waals surface area contributed by atoms with Crippen LogP contribution >= 0.6 is 11.6 Å². The number of nitrogens with one attached hydrogen (secondary N) is 1. The minimum atomic E-state index is -0.108. The summed E-state index contributed by atoms with van der Waals surface area (Å²) in [5, 5.41) is 7.77. The molecule has 1 aromatic heterocycles. The van der Waals surface area contributed by atoms with Crippen LogP contribution in [-0.4, -0.2) is 46.9 Å². The van der Waals surface area contributed by atoms with Gasteiger partial charge in [-0.1, -0.05) is 11.6 Å². The van der Waals surface area contributed by atoms with E-state index in [1.165, 1.54) is 0 Å². The Kier molecular flexibility index (Phi) is 4.61. The van der Waals surface area contributed by atoms with Crippen molar-refractivity contribution < 1.29 is 9.47 Å². The van der Waals surface area contributed by atoms with E-state index in [4.69, 9.17) is 21.1 Å². The zero-order chi connectivity index (χ0) is 15.5. The zero-order valence-corrected chi connectivity index (χ0v) is 13.4. The molecule has 0 radical (unpaired) electrons. The van der Waals surface area contributed by atoms with Crippen molar-refractivity contribution in [3.8, 4) is 5.75 Å². The summed E-state index contributed by atoms with van der Waals surface area (Å²) in [6.07, 6.45) is -0.108. The van der Waals surface area contributed by atoms with E-state index in [1.807, 2.05) is 25.1 Å². The molecule has 6 nitrogen and oxygen atoms in total. The molecule has 1 saturated heterocycles. The minimum Gasteiger partial charge on any atom is -0.496 e. The number of nitrogens with zero attached hydrogens (tertiary/aromatic N) is 3. The lowest BCUT2D eigenvalue weighted by molar-refractivity contribution is -0.0372. The Hall–Kier alpha value is -1.63. The van der Waals surface area contributed by atoms with E-state index < -0.39 is 0 Å². The third-order valence-corrected chi connectivity index (χ3v) is 3.92. The Labute approximate surface area is 134 Å². The molecule has 0 saturated carbocycles. The van der Waals surface area contributed by atoms with Crippen molar-refractivity contribution in [3.05, 3.63) is 40.4 Å². The fraction of sp³-hybridized carbons (Fsp3) is 0.467. The van der Waals surface area contributed by atoms with Crippen molar-refractivity contribution >= 4 is 11.6 Å². The minimum absolute atomic E-state index is 0.108. The first kappa shape index (κ1) is 15.3. The highest BCUT2D eigenvalue weighted by molar-refractivity contribution is 6.30. The SMILES string of the molecule is COc1ccc(Cl)cc1CN1CCOC(c2n[nH]c(C)n2)C1. The predicted molar refractivity (Wildman–Crippen MR) is 83.1 cm³/mol. The van der Waals surface area contributed by atoms with E-state index in [2.05, 4.69) is 20.1 Å². The average Bonchev–Trinajstić information content (AvgIpc) is 2.94. The molecule has 118 valence electrons. The first-order valence-corrected chi connectivity index (χ1v) is 7.59. The number of aryl methyl sites for hydroxylation is 1. The Balaban J connectivity index is 1.71. The van der Waals surface area contributed by atoms with E-state index in [9.17, 15) is 0 Å². The Morgan fingerprint density at radius 3 is 3.09 bits per heavy atom. The van der Waals surface area contributed by atoms with Crippen LogP contribution in [0.3, 0.4) is 0 Å². The van der Waals surface area contributed by atoms with Crippen molar-refractivity contribution in [2.24, 2.45) is 0 Å². The highest BCUT2D eigenvalue weighted by atomic mass is 35.5. The number of morpholine rings is 1. The Bertz CT molecular complexity index is 646. The second kappa shape index (κ2) is 6.64. The van der Waals surface area contributed by atoms with Crippen LogP contribution in [0.25, 0.3) is 0 Å². The molecule has 0 bridgehead atoms. The molecule has 1 N–H and O–H groups in total. The molecule has 1 aliphatic heterocycles. The number of hydrogen-bond donors (Lipinski definition) is 1. The van der Waals surface area contributed by atoms with Gasteiger partial charge in [-0.2, -0.15) is 5.10 Å². The lowest BCUT2D eigenvalue weighted by Crippen LogP contribution is -2.38. The van der Waals surface area contributed by atoms with Gasteiger partial charge in [0.1, 0.15) is 17.7 Å². The third-order valence-electron chi connectivity index (χ3n) is 3.69. The highest BCUT2D eigenvalue weighted by Crippen LogP contribution is 2.26. The summed E-state index contributed by atoms with van der Waals surface area (Å²) in [4.78, 5) is 6.66. The summed E-state index contributed by atoms with van der Waals surface area (Å²) in [7, 11) is 1.67. The van der Waals surface area contributed by atoms with Gasteiger partial charge in [0.05, 0.1) is 13.7 Å². The number of benzene rings is 1. The number of halogens is 1. The quantitative estimate of drug-likeness (QED) is 0.936. The van der Waals surface area contributed by atoms with E-state index in [1.54, 1.807) is 7.11 Å². The normalized spacial score (nSPS) is 19.3. The maximum atomic E-state index is 6.10. The van der Waals surface area contributed by atoms with E-state index in [0.717, 1.165) is 36.8 Å². The van der Waals surface area contributed by atoms with E-state index in [0.29, 0.717) is 17.5 Å². The molecule has 1 atom stereocenters. The van der Waals surface area contributed by atoms with Crippen LogP contribution in [0.1, 0.15) is 23.3 Å². The second-order valence-electron chi connectivity index (χ2n) is 5.33. The highest BCUT2D eigenvalue weighted by Gasteiger charge is 2.25. The van der Waals surface area contributed by atoms with Gasteiger partial charge in [-0.25, -0.2) is 4.98 Å². The average molecular weight is 323 g/mol. The molecule has 1 fully saturated rings. The largest absolute Gasteiger partial charge is 0.496 e. The smallest absolute Gasteiger partial charge is 0.180 e. The van der Waals surface area contributed by atoms with Gasteiger partial charge in [0.2, 0.25) is 0 Å². The predicted octanol–water partition coefficient (Wildman–Crippen LogP) is 2.35. The third kappa shape index (κ3) is 3.40. The number of hydrogen-bond acceptors (Lipinski definition) is 5. The number of H-pyrrole nitrogens is 1. The maximum absolute atomic E-state index is 6.10. The van der Waals surface area contributed by atoms with Crippen LogP contribution in [0.5, 0.6) is 5.75 Å². The second-order valence-corrected chi connectivity index (χ2v) is 5.77. The van der Waals surface area contributed by atoms with Crippen molar-refractivity contribution in [1.29, 1.82) is 0 Å². The topological polar surface area (TPSA) is 63.3 Å². The maximum Gasteiger partial charge on any atom is 0.180 e. The van der Waals surface area contributed by atoms with Crippen LogP contribution in [0.4, 0.5) is 0 Å². The van der Waals surface area contributed by atoms with Gasteiger partial charge in [-0.3, -0.25) is 10.00 Å². The van der Waals surface area contributed by atoms with Gasteiger partial charge < -0.3 is 9.47 Å². The first-order valence-electron chi connectivity index (χ1n) is 7.21. The molecule has 1 aromatic carbocycles. The molecule has 2 heterocycles. The van der Waals surface area contributed by atoms with E-state index >= 15 is 0 Å². The molecule has 0 amide bonds. The van der Waals surface area contributed by atoms with Crippen LogP contribution in [-0.2, 0) is 11.3 Å². The molecule has 22 heavy (non-hydrogen) atoms. The Morgan fingerprint density at radius 2 is 2.36 bits per heavy atom. The molecular formula is C15H19ClN4O2. The van der Waals surface area contributed by atoms with Gasteiger partial charge >= 0.3 is 0 Å². The zero-order valence-electron chi connectivity index (χ0n) is 12.7. The molecule has 1 aliphatic rings. The molecule has 7 heteroatoms. The van der Waals surface area contributed by atoms with Gasteiger partial charge in [0, 0.05) is 30.2 Å². The number of aromatic nitrogens is 3. The number of ether oxygens (including phenoxy) is 2. The fourth-order valence-electron chi connectivity index (χ4n) is 2.62. The summed E-state index contributed by atoms with van der Waals surface area (Å²) in [6.45, 7) is 4.89. The summed E-state index contributed by atoms with van der Waals surface area (Å²) in [6, 6.07) is 5.68. The van der Waals surface area contributed by atoms with Crippen molar-refractivity contribution in [3.63, 3.8) is 0 Å². The molecule has 2 aromatic rings. The van der Waals surface area contributed by atoms with Crippen molar-refractivity contribution in [2.45, 2.75) is 19.6 Å². The first-order chi connectivity index (χ1) is 10.7. The summed E-state index contributed by atoms with van der Waals surface area (Å²) < 4.78 is 11.2. The van der Waals surface area contributed by atoms with Crippen LogP contribution in [0.2, 0.25) is 5.02 Å². The lowest BCUT2D eigenvalue weighted by atomic mass is 10.1. The lowest BCUT2D eigenvalue weighted by Gasteiger charge is -2.31. The van der Waals surface area contributed by atoms with Crippen molar-refractivity contribution in [1.82, 2.24) is 20.1 Å².